The van der Waals surface area contributed by atoms with Crippen molar-refractivity contribution in [2.24, 2.45) is 0 Å². The molecule has 1 aliphatic heterocycles. The molecule has 2 rings (SSSR count). The molecule has 1 aliphatic rings. The Balaban J connectivity index is 2.15. The molecule has 13 heavy (non-hydrogen) atoms. The van der Waals surface area contributed by atoms with Crippen molar-refractivity contribution in [1.29, 1.82) is 0 Å². The summed E-state index contributed by atoms with van der Waals surface area (Å²) < 4.78 is 5.57. The largest absolute Gasteiger partial charge is 0.359 e. The Morgan fingerprint density at radius 1 is 1.31 bits per heavy atom. The Bertz CT molecular complexity index is 260. The molecule has 2 heteroatoms. The molecule has 70 valence electrons. The van der Waals surface area contributed by atoms with Crippen LogP contribution in [0.4, 0.5) is 5.69 Å². The zero-order valence-corrected chi connectivity index (χ0v) is 7.94. The highest BCUT2D eigenvalue weighted by atomic mass is 16.5. The highest BCUT2D eigenvalue weighted by Crippen LogP contribution is 2.20. The van der Waals surface area contributed by atoms with Gasteiger partial charge in [-0.1, -0.05) is 18.2 Å². The van der Waals surface area contributed by atoms with E-state index in [0.717, 1.165) is 19.6 Å². The molecule has 0 aliphatic carbocycles. The van der Waals surface area contributed by atoms with E-state index in [9.17, 15) is 0 Å². The first-order valence-electron chi connectivity index (χ1n) is 4.81. The van der Waals surface area contributed by atoms with E-state index in [0.29, 0.717) is 0 Å². The summed E-state index contributed by atoms with van der Waals surface area (Å²) in [7, 11) is 0. The van der Waals surface area contributed by atoms with Crippen LogP contribution in [0.25, 0.3) is 0 Å². The maximum absolute atomic E-state index is 5.57. The lowest BCUT2D eigenvalue weighted by Gasteiger charge is -2.35. The van der Waals surface area contributed by atoms with Crippen LogP contribution in [0.2, 0.25) is 0 Å². The number of benzene rings is 1. The van der Waals surface area contributed by atoms with Gasteiger partial charge in [0.2, 0.25) is 0 Å². The maximum Gasteiger partial charge on any atom is 0.127 e. The monoisotopic (exact) mass is 177 g/mol. The lowest BCUT2D eigenvalue weighted by Crippen LogP contribution is -2.40. The summed E-state index contributed by atoms with van der Waals surface area (Å²) >= 11 is 0. The van der Waals surface area contributed by atoms with Crippen LogP contribution in [-0.4, -0.2) is 19.4 Å². The van der Waals surface area contributed by atoms with Gasteiger partial charge in [0.05, 0.1) is 6.61 Å². The van der Waals surface area contributed by atoms with Gasteiger partial charge in [-0.05, 0) is 25.5 Å². The van der Waals surface area contributed by atoms with Crippen molar-refractivity contribution in [2.45, 2.75) is 19.6 Å². The minimum Gasteiger partial charge on any atom is -0.359 e. The van der Waals surface area contributed by atoms with Gasteiger partial charge in [-0.25, -0.2) is 0 Å². The fraction of sp³-hybridized carbons (Fsp3) is 0.455. The average molecular weight is 177 g/mol. The van der Waals surface area contributed by atoms with Gasteiger partial charge in [0, 0.05) is 12.2 Å². The smallest absolute Gasteiger partial charge is 0.127 e. The van der Waals surface area contributed by atoms with E-state index in [1.165, 1.54) is 5.69 Å². The predicted molar refractivity (Wildman–Crippen MR) is 53.8 cm³/mol. The van der Waals surface area contributed by atoms with Gasteiger partial charge in [0.1, 0.15) is 6.23 Å². The Kier molecular flexibility index (Phi) is 2.50. The first-order valence-corrected chi connectivity index (χ1v) is 4.81. The normalized spacial score (nSPS) is 23.2. The maximum atomic E-state index is 5.57. The molecule has 0 N–H and O–H groups in total. The molecule has 0 spiro atoms. The highest BCUT2D eigenvalue weighted by Gasteiger charge is 2.18. The molecule has 1 saturated heterocycles. The Morgan fingerprint density at radius 2 is 2.08 bits per heavy atom. The standard InChI is InChI=1S/C11H15NO/c1-10-12(8-5-9-13-10)11-6-3-2-4-7-11/h2-4,6-7,10H,5,8-9H2,1H3. The molecule has 1 heterocycles. The number of anilines is 1. The molecule has 0 saturated carbocycles. The summed E-state index contributed by atoms with van der Waals surface area (Å²) in [6.45, 7) is 4.10. The van der Waals surface area contributed by atoms with Crippen LogP contribution in [0.15, 0.2) is 30.3 Å². The fourth-order valence-electron chi connectivity index (χ4n) is 1.72. The van der Waals surface area contributed by atoms with Crippen molar-refractivity contribution < 1.29 is 4.74 Å². The molecule has 0 amide bonds. The summed E-state index contributed by atoms with van der Waals surface area (Å²) in [5.41, 5.74) is 1.26. The third kappa shape index (κ3) is 1.83. The topological polar surface area (TPSA) is 12.5 Å². The minimum atomic E-state index is 0.219. The summed E-state index contributed by atoms with van der Waals surface area (Å²) in [5, 5.41) is 0. The van der Waals surface area contributed by atoms with Crippen molar-refractivity contribution >= 4 is 5.69 Å². The van der Waals surface area contributed by atoms with Crippen molar-refractivity contribution in [2.75, 3.05) is 18.1 Å². The van der Waals surface area contributed by atoms with Gasteiger partial charge < -0.3 is 9.64 Å². The Morgan fingerprint density at radius 3 is 2.77 bits per heavy atom. The molecule has 0 radical (unpaired) electrons. The number of rotatable bonds is 1. The quantitative estimate of drug-likeness (QED) is 0.652. The van der Waals surface area contributed by atoms with Crippen molar-refractivity contribution in [3.63, 3.8) is 0 Å². The summed E-state index contributed by atoms with van der Waals surface area (Å²) in [6.07, 6.45) is 1.34. The zero-order valence-electron chi connectivity index (χ0n) is 7.94. The average Bonchev–Trinajstić information content (AvgIpc) is 2.20. The van der Waals surface area contributed by atoms with Gasteiger partial charge in [0.25, 0.3) is 0 Å². The zero-order chi connectivity index (χ0) is 9.10. The van der Waals surface area contributed by atoms with Crippen molar-refractivity contribution in [3.05, 3.63) is 30.3 Å². The SMILES string of the molecule is CC1OCCCN1c1ccccc1. The van der Waals surface area contributed by atoms with E-state index in [2.05, 4.69) is 36.1 Å². The van der Waals surface area contributed by atoms with Gasteiger partial charge >= 0.3 is 0 Å². The molecular formula is C11H15NO. The molecule has 1 aromatic rings. The predicted octanol–water partition coefficient (Wildman–Crippen LogP) is 2.26. The lowest BCUT2D eigenvalue weighted by atomic mass is 10.2. The molecule has 2 nitrogen and oxygen atoms in total. The summed E-state index contributed by atoms with van der Waals surface area (Å²) in [6, 6.07) is 10.4. The Hall–Kier alpha value is -1.02. The number of hydrogen-bond donors (Lipinski definition) is 0. The lowest BCUT2D eigenvalue weighted by molar-refractivity contribution is 0.0383. The van der Waals surface area contributed by atoms with E-state index in [-0.39, 0.29) is 6.23 Å². The third-order valence-electron chi connectivity index (χ3n) is 2.43. The first kappa shape index (κ1) is 8.57. The van der Waals surface area contributed by atoms with Crippen molar-refractivity contribution in [3.8, 4) is 0 Å². The van der Waals surface area contributed by atoms with Crippen LogP contribution in [0.3, 0.4) is 0 Å². The van der Waals surface area contributed by atoms with E-state index in [1.54, 1.807) is 0 Å². The van der Waals surface area contributed by atoms with E-state index >= 15 is 0 Å². The Labute approximate surface area is 79.1 Å². The number of para-hydroxylation sites is 1. The van der Waals surface area contributed by atoms with Gasteiger partial charge in [-0.15, -0.1) is 0 Å². The van der Waals surface area contributed by atoms with E-state index in [1.807, 2.05) is 6.07 Å². The number of nitrogens with zero attached hydrogens (tertiary/aromatic N) is 1. The van der Waals surface area contributed by atoms with E-state index in [4.69, 9.17) is 4.74 Å². The van der Waals surface area contributed by atoms with Gasteiger partial charge in [-0.2, -0.15) is 0 Å². The van der Waals surface area contributed by atoms with Crippen LogP contribution in [-0.2, 0) is 4.74 Å². The molecule has 1 aromatic carbocycles. The molecule has 1 atom stereocenters. The van der Waals surface area contributed by atoms with Gasteiger partial charge in [0.15, 0.2) is 0 Å². The highest BCUT2D eigenvalue weighted by molar-refractivity contribution is 5.46. The van der Waals surface area contributed by atoms with E-state index < -0.39 is 0 Å². The summed E-state index contributed by atoms with van der Waals surface area (Å²) in [4.78, 5) is 2.30. The number of ether oxygens (including phenoxy) is 1. The van der Waals surface area contributed by atoms with Crippen LogP contribution in [0, 0.1) is 0 Å². The van der Waals surface area contributed by atoms with Crippen LogP contribution in [0.5, 0.6) is 0 Å². The molecule has 1 unspecified atom stereocenters. The second-order valence-corrected chi connectivity index (χ2v) is 3.35. The van der Waals surface area contributed by atoms with Crippen molar-refractivity contribution in [1.82, 2.24) is 0 Å². The molecule has 0 aromatic heterocycles. The summed E-state index contributed by atoms with van der Waals surface area (Å²) in [5.74, 6) is 0. The van der Waals surface area contributed by atoms with Crippen LogP contribution >= 0.6 is 0 Å². The second kappa shape index (κ2) is 3.79. The molecule has 0 bridgehead atoms. The first-order chi connectivity index (χ1) is 6.38. The van der Waals surface area contributed by atoms with Gasteiger partial charge in [-0.3, -0.25) is 0 Å². The fourth-order valence-corrected chi connectivity index (χ4v) is 1.72. The van der Waals surface area contributed by atoms with Crippen LogP contribution < -0.4 is 4.90 Å². The third-order valence-corrected chi connectivity index (χ3v) is 2.43. The van der Waals surface area contributed by atoms with Crippen LogP contribution in [0.1, 0.15) is 13.3 Å². The number of hydrogen-bond acceptors (Lipinski definition) is 2. The second-order valence-electron chi connectivity index (χ2n) is 3.35. The molecule has 1 fully saturated rings. The minimum absolute atomic E-state index is 0.219. The molecular weight excluding hydrogens is 162 g/mol.